The molecule has 0 aromatic heterocycles. The third-order valence-electron chi connectivity index (χ3n) is 4.60. The second-order valence-electron chi connectivity index (χ2n) is 6.85. The van der Waals surface area contributed by atoms with Crippen molar-refractivity contribution in [3.63, 3.8) is 0 Å². The molecule has 31 heavy (non-hydrogen) atoms. The highest BCUT2D eigenvalue weighted by atomic mass is 19.1. The van der Waals surface area contributed by atoms with Gasteiger partial charge in [-0.3, -0.25) is 0 Å². The first kappa shape index (κ1) is 22.4. The van der Waals surface area contributed by atoms with Gasteiger partial charge in [0.15, 0.2) is 12.5 Å². The Bertz CT molecular complexity index is 956. The average molecular weight is 426 g/mol. The summed E-state index contributed by atoms with van der Waals surface area (Å²) < 4.78 is 29.3. The zero-order chi connectivity index (χ0) is 22.2. The van der Waals surface area contributed by atoms with Gasteiger partial charge in [-0.05, 0) is 35.3 Å². The largest absolute Gasteiger partial charge is 0.449 e. The van der Waals surface area contributed by atoms with E-state index in [-0.39, 0.29) is 0 Å². The molecule has 1 aliphatic heterocycles. The van der Waals surface area contributed by atoms with E-state index < -0.39 is 36.8 Å². The molecular weight excluding hydrogens is 403 g/mol. The van der Waals surface area contributed by atoms with E-state index in [0.29, 0.717) is 0 Å². The zero-order valence-electron chi connectivity index (χ0n) is 16.9. The van der Waals surface area contributed by atoms with E-state index in [1.165, 1.54) is 6.08 Å². The van der Waals surface area contributed by atoms with Gasteiger partial charge in [0.05, 0.1) is 0 Å². The molecule has 4 atom stereocenters. The van der Waals surface area contributed by atoms with E-state index >= 15 is 0 Å². The van der Waals surface area contributed by atoms with Gasteiger partial charge in [0.25, 0.3) is 0 Å². The number of hydrogen-bond acceptors (Lipinski definition) is 6. The quantitative estimate of drug-likeness (QED) is 0.540. The Morgan fingerprint density at radius 2 is 1.65 bits per heavy atom. The summed E-state index contributed by atoms with van der Waals surface area (Å²) in [4.78, 5) is 24.2. The number of carbonyl (C=O) groups excluding carboxylic acids is 2. The van der Waals surface area contributed by atoms with E-state index in [0.717, 1.165) is 35.3 Å². The molecule has 1 aliphatic rings. The molecule has 0 radical (unpaired) electrons. The van der Waals surface area contributed by atoms with Gasteiger partial charge in [-0.25, -0.2) is 14.0 Å². The smallest absolute Gasteiger partial charge is 0.333 e. The summed E-state index contributed by atoms with van der Waals surface area (Å²) in [6, 6.07) is 16.5. The lowest BCUT2D eigenvalue weighted by atomic mass is 10.1. The molecule has 1 saturated heterocycles. The SMILES string of the molecule is CCc1cccc(C=CC(=O)O[C@H]2OC(O)[C@@H](F)[C@@H]2OC(=O)C=Cc2ccccc2)c1. The minimum atomic E-state index is -2.06. The van der Waals surface area contributed by atoms with Gasteiger partial charge in [0, 0.05) is 12.2 Å². The van der Waals surface area contributed by atoms with Gasteiger partial charge in [-0.1, -0.05) is 61.5 Å². The molecule has 0 saturated carbocycles. The van der Waals surface area contributed by atoms with Crippen molar-refractivity contribution in [1.29, 1.82) is 0 Å². The molecule has 0 aliphatic carbocycles. The lowest BCUT2D eigenvalue weighted by Gasteiger charge is -2.18. The van der Waals surface area contributed by atoms with Crippen LogP contribution in [0.25, 0.3) is 12.2 Å². The highest BCUT2D eigenvalue weighted by Gasteiger charge is 2.49. The second-order valence-corrected chi connectivity index (χ2v) is 6.85. The van der Waals surface area contributed by atoms with Gasteiger partial charge < -0.3 is 19.3 Å². The maximum absolute atomic E-state index is 14.3. The number of aryl methyl sites for hydroxylation is 1. The molecule has 0 amide bonds. The number of alkyl halides is 1. The summed E-state index contributed by atoms with van der Waals surface area (Å²) in [5.41, 5.74) is 2.65. The number of halogens is 1. The number of hydrogen-bond donors (Lipinski definition) is 1. The van der Waals surface area contributed by atoms with Gasteiger partial charge in [0.1, 0.15) is 0 Å². The van der Waals surface area contributed by atoms with Gasteiger partial charge >= 0.3 is 11.9 Å². The average Bonchev–Trinajstić information content (AvgIpc) is 3.04. The van der Waals surface area contributed by atoms with E-state index in [2.05, 4.69) is 0 Å². The number of rotatable bonds is 7. The van der Waals surface area contributed by atoms with Crippen LogP contribution in [-0.4, -0.2) is 41.9 Å². The molecule has 7 heteroatoms. The third-order valence-corrected chi connectivity index (χ3v) is 4.60. The Morgan fingerprint density at radius 3 is 2.35 bits per heavy atom. The highest BCUT2D eigenvalue weighted by Crippen LogP contribution is 2.27. The fourth-order valence-corrected chi connectivity index (χ4v) is 2.95. The van der Waals surface area contributed by atoms with Crippen LogP contribution in [0.2, 0.25) is 0 Å². The van der Waals surface area contributed by atoms with Crippen molar-refractivity contribution in [2.45, 2.75) is 38.2 Å². The summed E-state index contributed by atoms with van der Waals surface area (Å²) in [5, 5.41) is 9.62. The normalized spacial score (nSPS) is 23.3. The summed E-state index contributed by atoms with van der Waals surface area (Å²) in [6.07, 6.45) is -0.933. The van der Waals surface area contributed by atoms with Gasteiger partial charge in [0.2, 0.25) is 12.4 Å². The maximum Gasteiger partial charge on any atom is 0.333 e. The van der Waals surface area contributed by atoms with Crippen molar-refractivity contribution < 1.29 is 33.3 Å². The predicted octanol–water partition coefficient (Wildman–Crippen LogP) is 3.44. The second kappa shape index (κ2) is 10.7. The first-order valence-corrected chi connectivity index (χ1v) is 9.85. The van der Waals surface area contributed by atoms with Crippen LogP contribution in [-0.2, 0) is 30.2 Å². The lowest BCUT2D eigenvalue weighted by molar-refractivity contribution is -0.208. The topological polar surface area (TPSA) is 82.1 Å². The van der Waals surface area contributed by atoms with E-state index in [1.54, 1.807) is 30.3 Å². The summed E-state index contributed by atoms with van der Waals surface area (Å²) in [6.45, 7) is 2.02. The van der Waals surface area contributed by atoms with E-state index in [9.17, 15) is 19.1 Å². The molecule has 1 heterocycles. The van der Waals surface area contributed by atoms with Crippen molar-refractivity contribution in [3.8, 4) is 0 Å². The maximum atomic E-state index is 14.3. The Kier molecular flexibility index (Phi) is 7.70. The fourth-order valence-electron chi connectivity index (χ4n) is 2.95. The van der Waals surface area contributed by atoms with Gasteiger partial charge in [-0.2, -0.15) is 0 Å². The first-order chi connectivity index (χ1) is 15.0. The molecule has 162 valence electrons. The van der Waals surface area contributed by atoms with Crippen LogP contribution in [0.5, 0.6) is 0 Å². The minimum absolute atomic E-state index is 0.749. The molecular formula is C24H23FO6. The van der Waals surface area contributed by atoms with Crippen molar-refractivity contribution >= 4 is 24.1 Å². The summed E-state index contributed by atoms with van der Waals surface area (Å²) >= 11 is 0. The number of benzene rings is 2. The van der Waals surface area contributed by atoms with Crippen molar-refractivity contribution in [3.05, 3.63) is 83.4 Å². The number of carbonyl (C=O) groups is 2. The molecule has 2 aromatic rings. The molecule has 2 aromatic carbocycles. The Labute approximate surface area is 179 Å². The third kappa shape index (κ3) is 6.34. The molecule has 0 bridgehead atoms. The first-order valence-electron chi connectivity index (χ1n) is 9.85. The molecule has 1 unspecified atom stereocenters. The molecule has 1 fully saturated rings. The Hall–Kier alpha value is -3.29. The number of aliphatic hydroxyl groups excluding tert-OH is 1. The highest BCUT2D eigenvalue weighted by molar-refractivity contribution is 5.88. The Morgan fingerprint density at radius 1 is 1.00 bits per heavy atom. The molecule has 6 nitrogen and oxygen atoms in total. The number of esters is 2. The lowest BCUT2D eigenvalue weighted by Crippen LogP contribution is -2.36. The van der Waals surface area contributed by atoms with E-state index in [1.807, 2.05) is 37.3 Å². The summed E-state index contributed by atoms with van der Waals surface area (Å²) in [7, 11) is 0. The fraction of sp³-hybridized carbons (Fsp3) is 0.250. The number of aliphatic hydroxyl groups is 1. The van der Waals surface area contributed by atoms with Crippen LogP contribution in [0.3, 0.4) is 0 Å². The van der Waals surface area contributed by atoms with Crippen LogP contribution >= 0.6 is 0 Å². The van der Waals surface area contributed by atoms with Gasteiger partial charge in [-0.15, -0.1) is 0 Å². The van der Waals surface area contributed by atoms with Crippen molar-refractivity contribution in [2.75, 3.05) is 0 Å². The van der Waals surface area contributed by atoms with Crippen molar-refractivity contribution in [1.82, 2.24) is 0 Å². The van der Waals surface area contributed by atoms with Crippen LogP contribution in [0.15, 0.2) is 66.7 Å². The van der Waals surface area contributed by atoms with E-state index in [4.69, 9.17) is 14.2 Å². The van der Waals surface area contributed by atoms with Crippen LogP contribution in [0.4, 0.5) is 4.39 Å². The van der Waals surface area contributed by atoms with Crippen LogP contribution < -0.4 is 0 Å². The molecule has 1 N–H and O–H groups in total. The van der Waals surface area contributed by atoms with Crippen LogP contribution in [0.1, 0.15) is 23.6 Å². The monoisotopic (exact) mass is 426 g/mol. The predicted molar refractivity (Wildman–Crippen MR) is 112 cm³/mol. The molecule has 0 spiro atoms. The Balaban J connectivity index is 1.61. The van der Waals surface area contributed by atoms with Crippen LogP contribution in [0, 0.1) is 0 Å². The minimum Gasteiger partial charge on any atom is -0.449 e. The molecule has 3 rings (SSSR count). The van der Waals surface area contributed by atoms with Crippen molar-refractivity contribution in [2.24, 2.45) is 0 Å². The zero-order valence-corrected chi connectivity index (χ0v) is 16.9. The summed E-state index contributed by atoms with van der Waals surface area (Å²) in [5.74, 6) is -1.68. The number of ether oxygens (including phenoxy) is 3. The standard InChI is InChI=1S/C24H23FO6/c1-2-16-9-6-10-18(15-16)12-14-20(27)30-24-22(21(25)23(28)31-24)29-19(26)13-11-17-7-4-3-5-8-17/h3-15,21-24,28H,2H2,1H3/t21-,22-,23?,24-/m0/s1.